The molecule has 0 radical (unpaired) electrons. The summed E-state index contributed by atoms with van der Waals surface area (Å²) in [6.45, 7) is 0. The van der Waals surface area contributed by atoms with Crippen LogP contribution in [0.1, 0.15) is 15.9 Å². The largest absolute Gasteiger partial charge is 0.507 e. The number of aromatic hydroxyl groups is 1. The molecule has 0 atom stereocenters. The quantitative estimate of drug-likeness (QED) is 0.669. The van der Waals surface area contributed by atoms with Crippen LogP contribution in [0.25, 0.3) is 11.1 Å². The maximum atomic E-state index is 12.8. The van der Waals surface area contributed by atoms with Gasteiger partial charge in [-0.3, -0.25) is 4.79 Å². The van der Waals surface area contributed by atoms with Crippen molar-refractivity contribution in [3.8, 4) is 16.9 Å². The molecule has 0 saturated heterocycles. The van der Waals surface area contributed by atoms with Crippen LogP contribution in [0.2, 0.25) is 0 Å². The van der Waals surface area contributed by atoms with E-state index in [2.05, 4.69) is 15.9 Å². The smallest absolute Gasteiger partial charge is 0.193 e. The molecular weight excluding hydrogens is 340 g/mol. The van der Waals surface area contributed by atoms with E-state index in [9.17, 15) is 9.90 Å². The summed E-state index contributed by atoms with van der Waals surface area (Å²) >= 11 is 3.41. The summed E-state index contributed by atoms with van der Waals surface area (Å²) in [5, 5.41) is 9.98. The van der Waals surface area contributed by atoms with Gasteiger partial charge in [0.25, 0.3) is 0 Å². The molecule has 0 saturated carbocycles. The second-order valence-corrected chi connectivity index (χ2v) is 5.68. The van der Waals surface area contributed by atoms with Crippen molar-refractivity contribution in [3.63, 3.8) is 0 Å². The van der Waals surface area contributed by atoms with E-state index < -0.39 is 0 Å². The molecule has 0 heterocycles. The van der Waals surface area contributed by atoms with Gasteiger partial charge >= 0.3 is 0 Å². The van der Waals surface area contributed by atoms with Crippen LogP contribution in [0.5, 0.6) is 5.75 Å². The van der Waals surface area contributed by atoms with E-state index in [1.807, 2.05) is 48.5 Å². The van der Waals surface area contributed by atoms with Crippen LogP contribution in [-0.4, -0.2) is 10.9 Å². The van der Waals surface area contributed by atoms with Gasteiger partial charge in [0.05, 0.1) is 4.47 Å². The highest BCUT2D eigenvalue weighted by Gasteiger charge is 2.19. The monoisotopic (exact) mass is 352 g/mol. The van der Waals surface area contributed by atoms with Crippen molar-refractivity contribution in [2.24, 2.45) is 0 Å². The number of ketones is 1. The van der Waals surface area contributed by atoms with Crippen molar-refractivity contribution >= 4 is 21.7 Å². The van der Waals surface area contributed by atoms with Gasteiger partial charge in [0.1, 0.15) is 5.75 Å². The van der Waals surface area contributed by atoms with Crippen molar-refractivity contribution in [3.05, 3.63) is 88.4 Å². The first kappa shape index (κ1) is 14.5. The molecule has 3 aromatic carbocycles. The van der Waals surface area contributed by atoms with Crippen molar-refractivity contribution in [1.82, 2.24) is 0 Å². The van der Waals surface area contributed by atoms with E-state index in [0.717, 1.165) is 5.56 Å². The van der Waals surface area contributed by atoms with Crippen LogP contribution in [-0.2, 0) is 0 Å². The fraction of sp³-hybridized carbons (Fsp3) is 0. The summed E-state index contributed by atoms with van der Waals surface area (Å²) in [6, 6.07) is 21.9. The normalized spacial score (nSPS) is 10.4. The first-order valence-electron chi connectivity index (χ1n) is 6.85. The van der Waals surface area contributed by atoms with Gasteiger partial charge in [-0.1, -0.05) is 60.7 Å². The highest BCUT2D eigenvalue weighted by molar-refractivity contribution is 9.10. The van der Waals surface area contributed by atoms with Gasteiger partial charge in [0, 0.05) is 16.7 Å². The lowest BCUT2D eigenvalue weighted by Gasteiger charge is -2.12. The molecule has 3 aromatic rings. The van der Waals surface area contributed by atoms with E-state index in [-0.39, 0.29) is 11.5 Å². The van der Waals surface area contributed by atoms with Gasteiger partial charge < -0.3 is 5.11 Å². The lowest BCUT2D eigenvalue weighted by Crippen LogP contribution is -2.04. The average molecular weight is 353 g/mol. The van der Waals surface area contributed by atoms with Crippen LogP contribution in [0.4, 0.5) is 0 Å². The third kappa shape index (κ3) is 2.68. The highest BCUT2D eigenvalue weighted by Crippen LogP contribution is 2.38. The zero-order valence-electron chi connectivity index (χ0n) is 11.7. The number of rotatable bonds is 3. The minimum absolute atomic E-state index is 0.0693. The Kier molecular flexibility index (Phi) is 4.07. The van der Waals surface area contributed by atoms with E-state index in [4.69, 9.17) is 0 Å². The predicted octanol–water partition coefficient (Wildman–Crippen LogP) is 5.05. The molecule has 0 aromatic heterocycles. The summed E-state index contributed by atoms with van der Waals surface area (Å²) in [5.74, 6) is 0.0450. The Morgan fingerprint density at radius 3 is 2.05 bits per heavy atom. The number of hydrogen-bond donors (Lipinski definition) is 1. The second kappa shape index (κ2) is 6.16. The van der Waals surface area contributed by atoms with Gasteiger partial charge in [-0.05, 0) is 33.6 Å². The molecule has 0 amide bonds. The molecule has 3 rings (SSSR count). The third-order valence-electron chi connectivity index (χ3n) is 3.46. The molecular formula is C19H13BrO2. The highest BCUT2D eigenvalue weighted by atomic mass is 79.9. The molecule has 2 nitrogen and oxygen atoms in total. The molecule has 22 heavy (non-hydrogen) atoms. The van der Waals surface area contributed by atoms with Crippen molar-refractivity contribution in [1.29, 1.82) is 0 Å². The van der Waals surface area contributed by atoms with Gasteiger partial charge in [0.15, 0.2) is 5.78 Å². The van der Waals surface area contributed by atoms with Crippen LogP contribution in [0.3, 0.4) is 0 Å². The number of phenols is 1. The standard InChI is InChI=1S/C19H13BrO2/c20-18-16(21)12-11-15(17(18)13-7-3-1-4-8-13)19(22)14-9-5-2-6-10-14/h1-12,21H. The van der Waals surface area contributed by atoms with E-state index in [1.165, 1.54) is 6.07 Å². The van der Waals surface area contributed by atoms with E-state index in [1.54, 1.807) is 18.2 Å². The van der Waals surface area contributed by atoms with Crippen molar-refractivity contribution < 1.29 is 9.90 Å². The number of phenolic OH excluding ortho intramolecular Hbond substituents is 1. The Balaban J connectivity index is 2.21. The number of benzene rings is 3. The molecule has 0 fully saturated rings. The minimum atomic E-state index is -0.0693. The molecule has 0 unspecified atom stereocenters. The van der Waals surface area contributed by atoms with Gasteiger partial charge in [-0.25, -0.2) is 0 Å². The Morgan fingerprint density at radius 2 is 1.41 bits per heavy atom. The molecule has 3 heteroatoms. The number of hydrogen-bond acceptors (Lipinski definition) is 2. The van der Waals surface area contributed by atoms with E-state index in [0.29, 0.717) is 21.2 Å². The molecule has 0 aliphatic rings. The molecule has 0 spiro atoms. The summed E-state index contributed by atoms with van der Waals surface area (Å²) in [7, 11) is 0. The Bertz CT molecular complexity index is 812. The van der Waals surface area contributed by atoms with Crippen LogP contribution >= 0.6 is 15.9 Å². The number of halogens is 1. The number of carbonyl (C=O) groups is 1. The fourth-order valence-electron chi connectivity index (χ4n) is 2.39. The molecule has 108 valence electrons. The molecule has 0 aliphatic carbocycles. The lowest BCUT2D eigenvalue weighted by molar-refractivity contribution is 0.103. The fourth-order valence-corrected chi connectivity index (χ4v) is 2.96. The van der Waals surface area contributed by atoms with Gasteiger partial charge in [0.2, 0.25) is 0 Å². The topological polar surface area (TPSA) is 37.3 Å². The third-order valence-corrected chi connectivity index (χ3v) is 4.27. The molecule has 0 bridgehead atoms. The lowest BCUT2D eigenvalue weighted by atomic mass is 9.93. The maximum absolute atomic E-state index is 12.8. The Labute approximate surface area is 137 Å². The summed E-state index contributed by atoms with van der Waals surface area (Å²) in [4.78, 5) is 12.8. The average Bonchev–Trinajstić information content (AvgIpc) is 2.58. The SMILES string of the molecule is O=C(c1ccccc1)c1ccc(O)c(Br)c1-c1ccccc1. The summed E-state index contributed by atoms with van der Waals surface area (Å²) in [5.41, 5.74) is 2.76. The van der Waals surface area contributed by atoms with Crippen molar-refractivity contribution in [2.75, 3.05) is 0 Å². The van der Waals surface area contributed by atoms with Gasteiger partial charge in [-0.15, -0.1) is 0 Å². The molecule has 0 aliphatic heterocycles. The summed E-state index contributed by atoms with van der Waals surface area (Å²) < 4.78 is 0.528. The first-order valence-corrected chi connectivity index (χ1v) is 7.64. The van der Waals surface area contributed by atoms with Crippen molar-refractivity contribution in [2.45, 2.75) is 0 Å². The first-order chi connectivity index (χ1) is 10.7. The van der Waals surface area contributed by atoms with Crippen LogP contribution in [0.15, 0.2) is 77.3 Å². The van der Waals surface area contributed by atoms with Crippen LogP contribution < -0.4 is 0 Å². The second-order valence-electron chi connectivity index (χ2n) is 4.88. The Morgan fingerprint density at radius 1 is 0.818 bits per heavy atom. The van der Waals surface area contributed by atoms with E-state index >= 15 is 0 Å². The minimum Gasteiger partial charge on any atom is -0.507 e. The number of carbonyl (C=O) groups excluding carboxylic acids is 1. The van der Waals surface area contributed by atoms with Crippen LogP contribution in [0, 0.1) is 0 Å². The summed E-state index contributed by atoms with van der Waals surface area (Å²) in [6.07, 6.45) is 0. The maximum Gasteiger partial charge on any atom is 0.193 e. The zero-order chi connectivity index (χ0) is 15.5. The molecule has 1 N–H and O–H groups in total. The zero-order valence-corrected chi connectivity index (χ0v) is 13.2. The Hall–Kier alpha value is -2.39. The van der Waals surface area contributed by atoms with Gasteiger partial charge in [-0.2, -0.15) is 0 Å². The predicted molar refractivity (Wildman–Crippen MR) is 91.1 cm³/mol.